The summed E-state index contributed by atoms with van der Waals surface area (Å²) in [6.07, 6.45) is 5.32. The van der Waals surface area contributed by atoms with E-state index in [1.807, 2.05) is 0 Å². The quantitative estimate of drug-likeness (QED) is 0.617. The summed E-state index contributed by atoms with van der Waals surface area (Å²) in [5.74, 6) is 1.49. The van der Waals surface area contributed by atoms with Crippen molar-refractivity contribution in [2.45, 2.75) is 39.5 Å². The minimum Gasteiger partial charge on any atom is -0.493 e. The van der Waals surface area contributed by atoms with E-state index in [9.17, 15) is 4.79 Å². The number of ether oxygens (including phenoxy) is 2. The maximum absolute atomic E-state index is 11.1. The summed E-state index contributed by atoms with van der Waals surface area (Å²) >= 11 is 5.94. The molecule has 112 valence electrons. The number of hydrogen-bond acceptors (Lipinski definition) is 3. The summed E-state index contributed by atoms with van der Waals surface area (Å²) in [6.45, 7) is 4.93. The Labute approximate surface area is 126 Å². The molecule has 1 rings (SSSR count). The zero-order valence-corrected chi connectivity index (χ0v) is 13.2. The SMILES string of the molecule is CCCCC(CC)COc1c(C=O)cc(Cl)cc1OC. The lowest BCUT2D eigenvalue weighted by Gasteiger charge is -2.18. The maximum Gasteiger partial charge on any atom is 0.171 e. The van der Waals surface area contributed by atoms with Crippen LogP contribution in [0.1, 0.15) is 49.9 Å². The van der Waals surface area contributed by atoms with Gasteiger partial charge in [0.2, 0.25) is 0 Å². The minimum atomic E-state index is 0.430. The highest BCUT2D eigenvalue weighted by Crippen LogP contribution is 2.34. The molecule has 1 aromatic carbocycles. The number of carbonyl (C=O) groups is 1. The Morgan fingerprint density at radius 3 is 2.65 bits per heavy atom. The number of unbranched alkanes of at least 4 members (excludes halogenated alkanes) is 1. The van der Waals surface area contributed by atoms with Crippen molar-refractivity contribution in [2.75, 3.05) is 13.7 Å². The number of carbonyl (C=O) groups excluding carboxylic acids is 1. The Bertz CT molecular complexity index is 432. The van der Waals surface area contributed by atoms with Crippen LogP contribution in [0.2, 0.25) is 5.02 Å². The number of hydrogen-bond donors (Lipinski definition) is 0. The molecule has 0 saturated heterocycles. The zero-order chi connectivity index (χ0) is 15.0. The molecule has 0 fully saturated rings. The largest absolute Gasteiger partial charge is 0.493 e. The van der Waals surface area contributed by atoms with E-state index in [0.29, 0.717) is 34.6 Å². The zero-order valence-electron chi connectivity index (χ0n) is 12.4. The monoisotopic (exact) mass is 298 g/mol. The maximum atomic E-state index is 11.1. The fourth-order valence-electron chi connectivity index (χ4n) is 2.08. The third-order valence-electron chi connectivity index (χ3n) is 3.40. The van der Waals surface area contributed by atoms with Crippen LogP contribution in [0.3, 0.4) is 0 Å². The predicted molar refractivity (Wildman–Crippen MR) is 82.2 cm³/mol. The first kappa shape index (κ1) is 16.8. The molecule has 1 aromatic rings. The van der Waals surface area contributed by atoms with Crippen molar-refractivity contribution >= 4 is 17.9 Å². The van der Waals surface area contributed by atoms with Crippen molar-refractivity contribution in [3.05, 3.63) is 22.7 Å². The summed E-state index contributed by atoms with van der Waals surface area (Å²) in [7, 11) is 1.54. The molecule has 1 unspecified atom stereocenters. The fraction of sp³-hybridized carbons (Fsp3) is 0.562. The van der Waals surface area contributed by atoms with Gasteiger partial charge in [-0.1, -0.05) is 44.7 Å². The van der Waals surface area contributed by atoms with Gasteiger partial charge in [0.15, 0.2) is 17.8 Å². The first-order chi connectivity index (χ1) is 9.65. The van der Waals surface area contributed by atoms with Crippen LogP contribution in [0.15, 0.2) is 12.1 Å². The van der Waals surface area contributed by atoms with Gasteiger partial charge in [-0.05, 0) is 18.4 Å². The number of rotatable bonds is 9. The van der Waals surface area contributed by atoms with Gasteiger partial charge in [0, 0.05) is 11.1 Å². The predicted octanol–water partition coefficient (Wildman–Crippen LogP) is 4.76. The Hall–Kier alpha value is -1.22. The Balaban J connectivity index is 2.82. The van der Waals surface area contributed by atoms with Gasteiger partial charge in [-0.25, -0.2) is 0 Å². The molecule has 0 spiro atoms. The average molecular weight is 299 g/mol. The standard InChI is InChI=1S/C16H23ClO3/c1-4-6-7-12(5-2)11-20-16-13(10-18)8-14(17)9-15(16)19-3/h8-10,12H,4-7,11H2,1-3H3. The van der Waals surface area contributed by atoms with Crippen LogP contribution in [0.4, 0.5) is 0 Å². The molecule has 0 aliphatic carbocycles. The molecule has 1 atom stereocenters. The molecule has 20 heavy (non-hydrogen) atoms. The Morgan fingerprint density at radius 2 is 2.10 bits per heavy atom. The van der Waals surface area contributed by atoms with Gasteiger partial charge in [0.25, 0.3) is 0 Å². The van der Waals surface area contributed by atoms with Gasteiger partial charge in [-0.3, -0.25) is 4.79 Å². The van der Waals surface area contributed by atoms with Gasteiger partial charge >= 0.3 is 0 Å². The van der Waals surface area contributed by atoms with E-state index in [1.54, 1.807) is 19.2 Å². The molecule has 0 heterocycles. The first-order valence-corrected chi connectivity index (χ1v) is 7.49. The molecular weight excluding hydrogens is 276 g/mol. The van der Waals surface area contributed by atoms with Gasteiger partial charge in [0.1, 0.15) is 0 Å². The third kappa shape index (κ3) is 4.71. The number of aldehydes is 1. The summed E-state index contributed by atoms with van der Waals surface area (Å²) in [4.78, 5) is 11.1. The third-order valence-corrected chi connectivity index (χ3v) is 3.62. The van der Waals surface area contributed by atoms with E-state index in [2.05, 4.69) is 13.8 Å². The number of benzene rings is 1. The highest BCUT2D eigenvalue weighted by Gasteiger charge is 2.15. The van der Waals surface area contributed by atoms with Crippen LogP contribution in [0.25, 0.3) is 0 Å². The summed E-state index contributed by atoms with van der Waals surface area (Å²) in [6, 6.07) is 3.26. The smallest absolute Gasteiger partial charge is 0.171 e. The van der Waals surface area contributed by atoms with E-state index in [0.717, 1.165) is 19.1 Å². The fourth-order valence-corrected chi connectivity index (χ4v) is 2.30. The molecule has 0 N–H and O–H groups in total. The Kier molecular flexibility index (Phi) is 7.45. The van der Waals surface area contributed by atoms with E-state index in [-0.39, 0.29) is 0 Å². The molecule has 0 saturated carbocycles. The van der Waals surface area contributed by atoms with Crippen LogP contribution >= 0.6 is 11.6 Å². The van der Waals surface area contributed by atoms with Crippen molar-refractivity contribution < 1.29 is 14.3 Å². The molecule has 0 aromatic heterocycles. The lowest BCUT2D eigenvalue weighted by molar-refractivity contribution is 0.111. The number of halogens is 1. The molecule has 0 aliphatic rings. The second-order valence-corrected chi connectivity index (χ2v) is 5.31. The molecule has 0 bridgehead atoms. The lowest BCUT2D eigenvalue weighted by Crippen LogP contribution is -2.12. The molecule has 3 nitrogen and oxygen atoms in total. The van der Waals surface area contributed by atoms with Gasteiger partial charge in [0.05, 0.1) is 19.3 Å². The summed E-state index contributed by atoms with van der Waals surface area (Å²) < 4.78 is 11.1. The first-order valence-electron chi connectivity index (χ1n) is 7.11. The Morgan fingerprint density at radius 1 is 1.35 bits per heavy atom. The molecule has 0 aliphatic heterocycles. The van der Waals surface area contributed by atoms with Crippen molar-refractivity contribution in [3.63, 3.8) is 0 Å². The van der Waals surface area contributed by atoms with Crippen molar-refractivity contribution in [3.8, 4) is 11.5 Å². The van der Waals surface area contributed by atoms with Crippen molar-refractivity contribution in [2.24, 2.45) is 5.92 Å². The highest BCUT2D eigenvalue weighted by atomic mass is 35.5. The highest BCUT2D eigenvalue weighted by molar-refractivity contribution is 6.31. The van der Waals surface area contributed by atoms with E-state index in [1.165, 1.54) is 12.8 Å². The van der Waals surface area contributed by atoms with Crippen LogP contribution in [-0.4, -0.2) is 20.0 Å². The van der Waals surface area contributed by atoms with Gasteiger partial charge < -0.3 is 9.47 Å². The van der Waals surface area contributed by atoms with E-state index in [4.69, 9.17) is 21.1 Å². The molecule has 0 amide bonds. The molecule has 0 radical (unpaired) electrons. The normalized spacial score (nSPS) is 12.0. The second-order valence-electron chi connectivity index (χ2n) is 4.87. The summed E-state index contributed by atoms with van der Waals surface area (Å²) in [5, 5.41) is 0.467. The molecular formula is C16H23ClO3. The topological polar surface area (TPSA) is 35.5 Å². The van der Waals surface area contributed by atoms with Crippen molar-refractivity contribution in [1.29, 1.82) is 0 Å². The second kappa shape index (κ2) is 8.85. The van der Waals surface area contributed by atoms with Crippen LogP contribution < -0.4 is 9.47 Å². The van der Waals surface area contributed by atoms with Crippen LogP contribution in [0.5, 0.6) is 11.5 Å². The van der Waals surface area contributed by atoms with Gasteiger partial charge in [-0.2, -0.15) is 0 Å². The van der Waals surface area contributed by atoms with Crippen molar-refractivity contribution in [1.82, 2.24) is 0 Å². The average Bonchev–Trinajstić information content (AvgIpc) is 2.47. The molecule has 4 heteroatoms. The summed E-state index contributed by atoms with van der Waals surface area (Å²) in [5.41, 5.74) is 0.430. The minimum absolute atomic E-state index is 0.430. The van der Waals surface area contributed by atoms with E-state index >= 15 is 0 Å². The van der Waals surface area contributed by atoms with Crippen LogP contribution in [-0.2, 0) is 0 Å². The van der Waals surface area contributed by atoms with E-state index < -0.39 is 0 Å². The van der Waals surface area contributed by atoms with Crippen LogP contribution in [0, 0.1) is 5.92 Å². The lowest BCUT2D eigenvalue weighted by atomic mass is 10.0. The van der Waals surface area contributed by atoms with Gasteiger partial charge in [-0.15, -0.1) is 0 Å². The number of methoxy groups -OCH3 is 1.